The number of anilines is 1. The topological polar surface area (TPSA) is 75.6 Å². The van der Waals surface area contributed by atoms with Crippen molar-refractivity contribution in [3.8, 4) is 0 Å². The van der Waals surface area contributed by atoms with E-state index in [0.717, 1.165) is 4.90 Å². The molecule has 2 N–H and O–H groups in total. The summed E-state index contributed by atoms with van der Waals surface area (Å²) in [4.78, 5) is 23.1. The van der Waals surface area contributed by atoms with Crippen molar-refractivity contribution in [3.05, 3.63) is 22.7 Å². The molecule has 0 spiro atoms. The number of thioether (sulfide) groups is 1. The number of ether oxygens (including phenoxy) is 1. The Hall–Kier alpha value is -1.24. The summed E-state index contributed by atoms with van der Waals surface area (Å²) >= 11 is 7.48. The number of rotatable bonds is 4. The van der Waals surface area contributed by atoms with Gasteiger partial charge in [0.15, 0.2) is 6.10 Å². The van der Waals surface area contributed by atoms with Crippen molar-refractivity contribution in [2.75, 3.05) is 18.2 Å². The van der Waals surface area contributed by atoms with Gasteiger partial charge in [0.25, 0.3) is 5.91 Å². The lowest BCUT2D eigenvalue weighted by Gasteiger charge is -2.07. The average Bonchev–Trinajstić information content (AvgIpc) is 2.65. The van der Waals surface area contributed by atoms with Crippen LogP contribution in [-0.4, -0.2) is 29.8 Å². The molecule has 0 bridgehead atoms. The summed E-state index contributed by atoms with van der Waals surface area (Å²) in [6.07, 6.45) is -0.884. The number of nitrogens with one attached hydrogen (secondary N) is 1. The smallest absolute Gasteiger partial charge is 0.306 e. The Labute approximate surface area is 119 Å². The van der Waals surface area contributed by atoms with E-state index in [-0.39, 0.29) is 12.4 Å². The number of aliphatic hydroxyl groups is 1. The first kappa shape index (κ1) is 14.2. The fraction of sp³-hybridized carbons (Fsp3) is 0.333. The predicted octanol–water partition coefficient (Wildman–Crippen LogP) is 1.98. The van der Waals surface area contributed by atoms with Gasteiger partial charge in [0, 0.05) is 21.9 Å². The van der Waals surface area contributed by atoms with Crippen molar-refractivity contribution >= 4 is 40.9 Å². The molecule has 5 nitrogen and oxygen atoms in total. The van der Waals surface area contributed by atoms with Crippen LogP contribution in [0, 0.1) is 0 Å². The normalized spacial score (nSPS) is 17.0. The molecule has 1 atom stereocenters. The number of carbonyl (C=O) groups is 2. The number of amides is 1. The van der Waals surface area contributed by atoms with E-state index in [4.69, 9.17) is 11.6 Å². The highest BCUT2D eigenvalue weighted by molar-refractivity contribution is 7.99. The van der Waals surface area contributed by atoms with E-state index in [1.807, 2.05) is 0 Å². The zero-order valence-corrected chi connectivity index (χ0v) is 11.7. The van der Waals surface area contributed by atoms with Crippen molar-refractivity contribution < 1.29 is 19.4 Å². The second kappa shape index (κ2) is 5.81. The third-order valence-corrected chi connectivity index (χ3v) is 4.18. The van der Waals surface area contributed by atoms with Gasteiger partial charge in [0.2, 0.25) is 0 Å². The van der Waals surface area contributed by atoms with Gasteiger partial charge in [-0.15, -0.1) is 11.8 Å². The molecule has 102 valence electrons. The standard InChI is InChI=1S/C12H12ClNO4S/c1-18-10(15)2-3-19-9-5-8-6(4-7(9)13)11(16)12(17)14-8/h4-5,11,16H,2-3H2,1H3,(H,14,17). The minimum absolute atomic E-state index is 0.281. The van der Waals surface area contributed by atoms with Crippen molar-refractivity contribution in [1.82, 2.24) is 0 Å². The summed E-state index contributed by atoms with van der Waals surface area (Å²) in [5.74, 6) is -0.210. The van der Waals surface area contributed by atoms with Crippen LogP contribution in [0.15, 0.2) is 17.0 Å². The van der Waals surface area contributed by atoms with Gasteiger partial charge in [-0.25, -0.2) is 0 Å². The van der Waals surface area contributed by atoms with Crippen LogP contribution < -0.4 is 5.32 Å². The van der Waals surface area contributed by atoms with E-state index in [2.05, 4.69) is 10.1 Å². The predicted molar refractivity (Wildman–Crippen MR) is 72.4 cm³/mol. The van der Waals surface area contributed by atoms with E-state index in [1.165, 1.54) is 18.9 Å². The third-order valence-electron chi connectivity index (χ3n) is 2.70. The SMILES string of the molecule is COC(=O)CCSc1cc2c(cc1Cl)C(O)C(=O)N2. The molecule has 0 radical (unpaired) electrons. The first-order valence-electron chi connectivity index (χ1n) is 5.55. The van der Waals surface area contributed by atoms with Gasteiger partial charge in [-0.3, -0.25) is 9.59 Å². The number of halogens is 1. The Morgan fingerprint density at radius 1 is 1.58 bits per heavy atom. The Balaban J connectivity index is 2.09. The second-order valence-corrected chi connectivity index (χ2v) is 5.48. The van der Waals surface area contributed by atoms with Crippen LogP contribution in [0.5, 0.6) is 0 Å². The number of esters is 1. The zero-order valence-electron chi connectivity index (χ0n) is 10.1. The highest BCUT2D eigenvalue weighted by Crippen LogP contribution is 2.38. The number of aliphatic hydroxyl groups excluding tert-OH is 1. The molecule has 1 aliphatic rings. The van der Waals surface area contributed by atoms with Gasteiger partial charge in [0.05, 0.1) is 18.6 Å². The second-order valence-electron chi connectivity index (χ2n) is 3.94. The number of hydrogen-bond acceptors (Lipinski definition) is 5. The molecule has 1 aromatic rings. The van der Waals surface area contributed by atoms with Gasteiger partial charge in [-0.1, -0.05) is 11.6 Å². The molecule has 1 aliphatic heterocycles. The molecule has 2 rings (SSSR count). The van der Waals surface area contributed by atoms with E-state index in [1.54, 1.807) is 12.1 Å². The average molecular weight is 302 g/mol. The summed E-state index contributed by atoms with van der Waals surface area (Å²) in [6, 6.07) is 3.27. The maximum absolute atomic E-state index is 11.3. The molecule has 19 heavy (non-hydrogen) atoms. The monoisotopic (exact) mass is 301 g/mol. The van der Waals surface area contributed by atoms with Crippen LogP contribution in [0.2, 0.25) is 5.02 Å². The first-order valence-corrected chi connectivity index (χ1v) is 6.91. The van der Waals surface area contributed by atoms with Crippen molar-refractivity contribution in [3.63, 3.8) is 0 Å². The van der Waals surface area contributed by atoms with Gasteiger partial charge in [0.1, 0.15) is 0 Å². The molecule has 0 fully saturated rings. The lowest BCUT2D eigenvalue weighted by atomic mass is 10.1. The zero-order chi connectivity index (χ0) is 14.0. The highest BCUT2D eigenvalue weighted by Gasteiger charge is 2.29. The van der Waals surface area contributed by atoms with Crippen molar-refractivity contribution in [1.29, 1.82) is 0 Å². The Morgan fingerprint density at radius 3 is 3.00 bits per heavy atom. The summed E-state index contributed by atoms with van der Waals surface area (Å²) in [5, 5.41) is 12.6. The van der Waals surface area contributed by atoms with Gasteiger partial charge >= 0.3 is 5.97 Å². The van der Waals surface area contributed by atoms with Crippen LogP contribution in [0.4, 0.5) is 5.69 Å². The summed E-state index contributed by atoms with van der Waals surface area (Å²) in [5.41, 5.74) is 1.04. The Morgan fingerprint density at radius 2 is 2.32 bits per heavy atom. The van der Waals surface area contributed by atoms with Crippen LogP contribution in [-0.2, 0) is 14.3 Å². The van der Waals surface area contributed by atoms with Crippen LogP contribution in [0.25, 0.3) is 0 Å². The molecular weight excluding hydrogens is 290 g/mol. The summed E-state index contributed by atoms with van der Waals surface area (Å²) < 4.78 is 4.55. The van der Waals surface area contributed by atoms with Crippen molar-refractivity contribution in [2.24, 2.45) is 0 Å². The maximum atomic E-state index is 11.3. The maximum Gasteiger partial charge on any atom is 0.306 e. The molecule has 7 heteroatoms. The largest absolute Gasteiger partial charge is 0.469 e. The van der Waals surface area contributed by atoms with Gasteiger partial charge in [-0.05, 0) is 12.1 Å². The molecule has 1 amide bonds. The van der Waals surface area contributed by atoms with Crippen LogP contribution in [0.3, 0.4) is 0 Å². The van der Waals surface area contributed by atoms with E-state index in [9.17, 15) is 14.7 Å². The summed E-state index contributed by atoms with van der Waals surface area (Å²) in [7, 11) is 1.34. The molecular formula is C12H12ClNO4S. The molecule has 0 saturated heterocycles. The fourth-order valence-electron chi connectivity index (χ4n) is 1.70. The van der Waals surface area contributed by atoms with Crippen molar-refractivity contribution in [2.45, 2.75) is 17.4 Å². The number of carbonyl (C=O) groups excluding carboxylic acids is 2. The number of hydrogen-bond donors (Lipinski definition) is 2. The minimum atomic E-state index is -1.17. The van der Waals surface area contributed by atoms with E-state index >= 15 is 0 Å². The Bertz CT molecular complexity index is 535. The molecule has 1 unspecified atom stereocenters. The first-order chi connectivity index (χ1) is 9.02. The number of benzene rings is 1. The Kier molecular flexibility index (Phi) is 4.34. The lowest BCUT2D eigenvalue weighted by Crippen LogP contribution is -2.10. The lowest BCUT2D eigenvalue weighted by molar-refractivity contribution is -0.140. The molecule has 0 aromatic heterocycles. The van der Waals surface area contributed by atoms with Crippen LogP contribution in [0.1, 0.15) is 18.1 Å². The van der Waals surface area contributed by atoms with Crippen LogP contribution >= 0.6 is 23.4 Å². The van der Waals surface area contributed by atoms with E-state index < -0.39 is 12.0 Å². The fourth-order valence-corrected chi connectivity index (χ4v) is 2.92. The minimum Gasteiger partial charge on any atom is -0.469 e. The van der Waals surface area contributed by atoms with E-state index in [0.29, 0.717) is 22.0 Å². The quantitative estimate of drug-likeness (QED) is 0.657. The molecule has 1 aromatic carbocycles. The summed E-state index contributed by atoms with van der Waals surface area (Å²) in [6.45, 7) is 0. The molecule has 0 saturated carbocycles. The molecule has 1 heterocycles. The number of methoxy groups -OCH3 is 1. The number of fused-ring (bicyclic) bond motifs is 1. The highest BCUT2D eigenvalue weighted by atomic mass is 35.5. The van der Waals surface area contributed by atoms with Gasteiger partial charge in [-0.2, -0.15) is 0 Å². The third kappa shape index (κ3) is 3.02. The molecule has 0 aliphatic carbocycles. The van der Waals surface area contributed by atoms with Gasteiger partial charge < -0.3 is 15.2 Å².